The molecule has 2 heterocycles. The number of carbonyl (C=O) groups excluding carboxylic acids is 1. The van der Waals surface area contributed by atoms with Crippen LogP contribution >= 0.6 is 11.6 Å². The second-order valence-electron chi connectivity index (χ2n) is 7.09. The minimum atomic E-state index is 0.219. The van der Waals surface area contributed by atoms with Gasteiger partial charge in [-0.3, -0.25) is 4.79 Å². The van der Waals surface area contributed by atoms with Crippen LogP contribution in [0.2, 0.25) is 5.02 Å². The average molecular weight is 336 g/mol. The molecule has 3 rings (SSSR count). The Morgan fingerprint density at radius 3 is 2.70 bits per heavy atom. The van der Waals surface area contributed by atoms with Crippen LogP contribution < -0.4 is 4.90 Å². The standard InChI is InChI=1S/C19H27ClN2O/c20-18-9-5-7-16(13-18)14-21-10-6-8-17(15-21)19(23)22-11-3-1-2-4-12-22/h5,7,9,13,17H,1-4,6,8,10-12,14-15H2/p+1. The van der Waals surface area contributed by atoms with Gasteiger partial charge in [0.15, 0.2) is 0 Å². The summed E-state index contributed by atoms with van der Waals surface area (Å²) in [6.45, 7) is 5.06. The van der Waals surface area contributed by atoms with Crippen LogP contribution in [0.1, 0.15) is 44.1 Å². The zero-order chi connectivity index (χ0) is 16.1. The quantitative estimate of drug-likeness (QED) is 0.902. The molecule has 126 valence electrons. The maximum atomic E-state index is 12.8. The van der Waals surface area contributed by atoms with Crippen molar-refractivity contribution in [2.45, 2.75) is 45.1 Å². The topological polar surface area (TPSA) is 24.8 Å². The fraction of sp³-hybridized carbons (Fsp3) is 0.632. The van der Waals surface area contributed by atoms with Gasteiger partial charge in [-0.15, -0.1) is 0 Å². The fourth-order valence-electron chi connectivity index (χ4n) is 4.01. The Bertz CT molecular complexity index is 526. The second kappa shape index (κ2) is 8.16. The highest BCUT2D eigenvalue weighted by molar-refractivity contribution is 6.30. The van der Waals surface area contributed by atoms with E-state index in [1.807, 2.05) is 12.1 Å². The highest BCUT2D eigenvalue weighted by atomic mass is 35.5. The molecule has 1 amide bonds. The summed E-state index contributed by atoms with van der Waals surface area (Å²) in [5, 5.41) is 0.802. The van der Waals surface area contributed by atoms with Crippen molar-refractivity contribution >= 4 is 17.5 Å². The van der Waals surface area contributed by atoms with Gasteiger partial charge in [-0.2, -0.15) is 0 Å². The molecule has 2 aliphatic rings. The number of halogens is 1. The molecule has 1 aromatic carbocycles. The maximum absolute atomic E-state index is 12.8. The summed E-state index contributed by atoms with van der Waals surface area (Å²) < 4.78 is 0. The number of hydrogen-bond acceptors (Lipinski definition) is 1. The lowest BCUT2D eigenvalue weighted by molar-refractivity contribution is -0.921. The van der Waals surface area contributed by atoms with E-state index < -0.39 is 0 Å². The number of nitrogens with one attached hydrogen (secondary N) is 1. The summed E-state index contributed by atoms with van der Waals surface area (Å²) in [6, 6.07) is 8.12. The Morgan fingerprint density at radius 1 is 1.17 bits per heavy atom. The molecule has 0 aliphatic carbocycles. The molecule has 0 saturated carbocycles. The summed E-state index contributed by atoms with van der Waals surface area (Å²) in [4.78, 5) is 16.5. The highest BCUT2D eigenvalue weighted by Gasteiger charge is 2.31. The fourth-order valence-corrected chi connectivity index (χ4v) is 4.22. The first-order chi connectivity index (χ1) is 11.2. The van der Waals surface area contributed by atoms with Crippen LogP contribution in [0.5, 0.6) is 0 Å². The Labute approximate surface area is 144 Å². The van der Waals surface area contributed by atoms with Crippen molar-refractivity contribution in [3.8, 4) is 0 Å². The summed E-state index contributed by atoms with van der Waals surface area (Å²) in [6.07, 6.45) is 7.13. The monoisotopic (exact) mass is 335 g/mol. The number of benzene rings is 1. The second-order valence-corrected chi connectivity index (χ2v) is 7.53. The normalized spacial score (nSPS) is 25.9. The largest absolute Gasteiger partial charge is 0.342 e. The summed E-state index contributed by atoms with van der Waals surface area (Å²) >= 11 is 6.09. The molecule has 2 aliphatic heterocycles. The van der Waals surface area contributed by atoms with E-state index in [1.54, 1.807) is 0 Å². The van der Waals surface area contributed by atoms with E-state index in [0.717, 1.165) is 50.6 Å². The number of quaternary nitrogens is 1. The van der Waals surface area contributed by atoms with Crippen LogP contribution in [-0.2, 0) is 11.3 Å². The van der Waals surface area contributed by atoms with Gasteiger partial charge < -0.3 is 9.80 Å². The molecule has 1 aromatic rings. The number of likely N-dealkylation sites (tertiary alicyclic amines) is 2. The smallest absolute Gasteiger partial charge is 0.231 e. The van der Waals surface area contributed by atoms with Crippen LogP contribution in [0.3, 0.4) is 0 Å². The third kappa shape index (κ3) is 4.71. The number of hydrogen-bond donors (Lipinski definition) is 1. The SMILES string of the molecule is O=C(C1CCC[NH+](Cc2cccc(Cl)c2)C1)N1CCCCCC1. The number of amides is 1. The molecule has 2 saturated heterocycles. The zero-order valence-electron chi connectivity index (χ0n) is 13.9. The van der Waals surface area contributed by atoms with Gasteiger partial charge in [0.2, 0.25) is 5.91 Å². The molecule has 0 aromatic heterocycles. The lowest BCUT2D eigenvalue weighted by atomic mass is 9.96. The van der Waals surface area contributed by atoms with Crippen LogP contribution in [0, 0.1) is 5.92 Å². The molecule has 4 heteroatoms. The predicted molar refractivity (Wildman–Crippen MR) is 93.6 cm³/mol. The van der Waals surface area contributed by atoms with Crippen molar-refractivity contribution in [2.24, 2.45) is 5.92 Å². The lowest BCUT2D eigenvalue weighted by Crippen LogP contribution is -3.12. The predicted octanol–water partition coefficient (Wildman–Crippen LogP) is 2.54. The van der Waals surface area contributed by atoms with Gasteiger partial charge >= 0.3 is 0 Å². The Balaban J connectivity index is 1.57. The molecule has 2 unspecified atom stereocenters. The molecule has 0 spiro atoms. The van der Waals surface area contributed by atoms with Crippen molar-refractivity contribution in [3.63, 3.8) is 0 Å². The lowest BCUT2D eigenvalue weighted by Gasteiger charge is -2.32. The summed E-state index contributed by atoms with van der Waals surface area (Å²) in [7, 11) is 0. The van der Waals surface area contributed by atoms with E-state index in [-0.39, 0.29) is 5.92 Å². The maximum Gasteiger partial charge on any atom is 0.231 e. The van der Waals surface area contributed by atoms with Gasteiger partial charge in [0.05, 0.1) is 19.0 Å². The number of rotatable bonds is 3. The number of nitrogens with zero attached hydrogens (tertiary/aromatic N) is 1. The Morgan fingerprint density at radius 2 is 1.96 bits per heavy atom. The van der Waals surface area contributed by atoms with Crippen molar-refractivity contribution in [1.29, 1.82) is 0 Å². The molecule has 1 N–H and O–H groups in total. The molecular weight excluding hydrogens is 308 g/mol. The minimum Gasteiger partial charge on any atom is -0.342 e. The first-order valence-electron chi connectivity index (χ1n) is 9.09. The molecule has 2 fully saturated rings. The van der Waals surface area contributed by atoms with Crippen molar-refractivity contribution in [1.82, 2.24) is 4.90 Å². The van der Waals surface area contributed by atoms with Crippen LogP contribution in [0.15, 0.2) is 24.3 Å². The third-order valence-corrected chi connectivity index (χ3v) is 5.46. The van der Waals surface area contributed by atoms with Gasteiger partial charge in [-0.25, -0.2) is 0 Å². The summed E-state index contributed by atoms with van der Waals surface area (Å²) in [5.41, 5.74) is 1.27. The van der Waals surface area contributed by atoms with Gasteiger partial charge in [-0.05, 0) is 37.8 Å². The van der Waals surface area contributed by atoms with Gasteiger partial charge in [0, 0.05) is 23.7 Å². The van der Waals surface area contributed by atoms with Crippen LogP contribution in [0.25, 0.3) is 0 Å². The summed E-state index contributed by atoms with van der Waals surface area (Å²) in [5.74, 6) is 0.631. The first kappa shape index (κ1) is 16.8. The Hall–Kier alpha value is -1.06. The van der Waals surface area contributed by atoms with E-state index in [9.17, 15) is 4.79 Å². The minimum absolute atomic E-state index is 0.219. The first-order valence-corrected chi connectivity index (χ1v) is 9.47. The number of piperidine rings is 1. The van der Waals surface area contributed by atoms with Gasteiger partial charge in [0.25, 0.3) is 0 Å². The van der Waals surface area contributed by atoms with Crippen LogP contribution in [0.4, 0.5) is 0 Å². The molecule has 23 heavy (non-hydrogen) atoms. The van der Waals surface area contributed by atoms with E-state index in [4.69, 9.17) is 11.6 Å². The third-order valence-electron chi connectivity index (χ3n) is 5.23. The molecule has 0 bridgehead atoms. The van der Waals surface area contributed by atoms with E-state index in [0.29, 0.717) is 5.91 Å². The highest BCUT2D eigenvalue weighted by Crippen LogP contribution is 2.17. The van der Waals surface area contributed by atoms with Gasteiger partial charge in [-0.1, -0.05) is 36.6 Å². The molecule has 2 atom stereocenters. The Kier molecular flexibility index (Phi) is 5.96. The van der Waals surface area contributed by atoms with E-state index >= 15 is 0 Å². The van der Waals surface area contributed by atoms with Crippen molar-refractivity contribution in [2.75, 3.05) is 26.2 Å². The van der Waals surface area contributed by atoms with Crippen molar-refractivity contribution in [3.05, 3.63) is 34.9 Å². The van der Waals surface area contributed by atoms with Crippen molar-refractivity contribution < 1.29 is 9.69 Å². The zero-order valence-corrected chi connectivity index (χ0v) is 14.7. The molecule has 0 radical (unpaired) electrons. The van der Waals surface area contributed by atoms with Gasteiger partial charge in [0.1, 0.15) is 6.54 Å². The van der Waals surface area contributed by atoms with E-state index in [2.05, 4.69) is 17.0 Å². The van der Waals surface area contributed by atoms with Crippen LogP contribution in [-0.4, -0.2) is 37.0 Å². The average Bonchev–Trinajstić information content (AvgIpc) is 2.84. The van der Waals surface area contributed by atoms with E-state index in [1.165, 1.54) is 36.1 Å². The number of carbonyl (C=O) groups is 1. The molecular formula is C19H28ClN2O+. The molecule has 3 nitrogen and oxygen atoms in total.